The maximum Gasteiger partial charge on any atom is 0.286 e. The van der Waals surface area contributed by atoms with Gasteiger partial charge in [0, 0.05) is 25.3 Å². The number of piperidine rings is 1. The maximum absolute atomic E-state index is 12.8. The molecule has 1 aromatic heterocycles. The second-order valence-electron chi connectivity index (χ2n) is 7.11. The molecule has 0 bridgehead atoms. The zero-order chi connectivity index (χ0) is 20.8. The quantitative estimate of drug-likeness (QED) is 0.754. The number of hydrogen-bond acceptors (Lipinski definition) is 6. The normalized spacial score (nSPS) is 16.3. The van der Waals surface area contributed by atoms with Crippen molar-refractivity contribution >= 4 is 34.7 Å². The van der Waals surface area contributed by atoms with Gasteiger partial charge in [-0.2, -0.15) is 0 Å². The first-order chi connectivity index (χ1) is 14.0. The van der Waals surface area contributed by atoms with Crippen molar-refractivity contribution in [3.05, 3.63) is 39.8 Å². The lowest BCUT2D eigenvalue weighted by atomic mass is 9.97. The van der Waals surface area contributed by atoms with Gasteiger partial charge in [-0.25, -0.2) is 0 Å². The molecule has 1 fully saturated rings. The van der Waals surface area contributed by atoms with Gasteiger partial charge < -0.3 is 15.5 Å². The minimum Gasteiger partial charge on any atom is -0.356 e. The van der Waals surface area contributed by atoms with Crippen LogP contribution in [0, 0.1) is 12.8 Å². The van der Waals surface area contributed by atoms with Crippen LogP contribution in [0.4, 0.5) is 5.69 Å². The lowest BCUT2D eigenvalue weighted by Crippen LogP contribution is -2.45. The number of amides is 3. The van der Waals surface area contributed by atoms with E-state index in [9.17, 15) is 14.4 Å². The fourth-order valence-corrected chi connectivity index (χ4v) is 3.83. The van der Waals surface area contributed by atoms with E-state index < -0.39 is 5.91 Å². The van der Waals surface area contributed by atoms with Gasteiger partial charge >= 0.3 is 0 Å². The fourth-order valence-electron chi connectivity index (χ4n) is 3.13. The highest BCUT2D eigenvalue weighted by Crippen LogP contribution is 2.21. The Hall–Kier alpha value is -2.81. The SMILES string of the molecule is CCCNC(=O)C1CCCN(C(=O)c2nnc(C(=O)Nc3ccc(C)cc3)s2)C1. The third-order valence-corrected chi connectivity index (χ3v) is 5.65. The van der Waals surface area contributed by atoms with Crippen molar-refractivity contribution < 1.29 is 14.4 Å². The van der Waals surface area contributed by atoms with E-state index in [4.69, 9.17) is 0 Å². The fraction of sp³-hybridized carbons (Fsp3) is 0.450. The van der Waals surface area contributed by atoms with Crippen molar-refractivity contribution in [2.45, 2.75) is 33.1 Å². The highest BCUT2D eigenvalue weighted by Gasteiger charge is 2.30. The Morgan fingerprint density at radius 1 is 1.17 bits per heavy atom. The molecule has 3 rings (SSSR count). The highest BCUT2D eigenvalue weighted by atomic mass is 32.1. The molecule has 1 aliphatic rings. The molecule has 0 radical (unpaired) electrons. The van der Waals surface area contributed by atoms with Crippen LogP contribution in [0.5, 0.6) is 0 Å². The smallest absolute Gasteiger partial charge is 0.286 e. The average molecular weight is 416 g/mol. The molecule has 1 aliphatic heterocycles. The molecule has 154 valence electrons. The van der Waals surface area contributed by atoms with Crippen molar-refractivity contribution in [1.29, 1.82) is 0 Å². The molecule has 29 heavy (non-hydrogen) atoms. The number of aromatic nitrogens is 2. The van der Waals surface area contributed by atoms with Crippen LogP contribution in [0.15, 0.2) is 24.3 Å². The number of carbonyl (C=O) groups excluding carboxylic acids is 3. The summed E-state index contributed by atoms with van der Waals surface area (Å²) < 4.78 is 0. The number of anilines is 1. The van der Waals surface area contributed by atoms with E-state index in [1.165, 1.54) is 0 Å². The summed E-state index contributed by atoms with van der Waals surface area (Å²) in [4.78, 5) is 39.0. The monoisotopic (exact) mass is 415 g/mol. The first-order valence-corrected chi connectivity index (χ1v) is 10.6. The van der Waals surface area contributed by atoms with E-state index in [1.807, 2.05) is 26.0 Å². The summed E-state index contributed by atoms with van der Waals surface area (Å²) in [6, 6.07) is 7.40. The van der Waals surface area contributed by atoms with Crippen molar-refractivity contribution in [3.8, 4) is 0 Å². The minimum absolute atomic E-state index is 0.0141. The number of nitrogens with one attached hydrogen (secondary N) is 2. The summed E-state index contributed by atoms with van der Waals surface area (Å²) in [6.07, 6.45) is 2.40. The molecule has 1 atom stereocenters. The Balaban J connectivity index is 1.61. The van der Waals surface area contributed by atoms with Crippen LogP contribution >= 0.6 is 11.3 Å². The molecule has 3 amide bonds. The molecule has 0 aliphatic carbocycles. The third kappa shape index (κ3) is 5.38. The van der Waals surface area contributed by atoms with Gasteiger partial charge in [-0.1, -0.05) is 36.0 Å². The summed E-state index contributed by atoms with van der Waals surface area (Å²) in [5.41, 5.74) is 1.75. The summed E-state index contributed by atoms with van der Waals surface area (Å²) in [6.45, 7) is 5.53. The van der Waals surface area contributed by atoms with E-state index >= 15 is 0 Å². The predicted octanol–water partition coefficient (Wildman–Crippen LogP) is 2.48. The van der Waals surface area contributed by atoms with E-state index in [0.29, 0.717) is 25.3 Å². The summed E-state index contributed by atoms with van der Waals surface area (Å²) in [7, 11) is 0. The predicted molar refractivity (Wildman–Crippen MR) is 111 cm³/mol. The number of likely N-dealkylation sites (tertiary alicyclic amines) is 1. The molecule has 1 aromatic carbocycles. The molecule has 2 N–H and O–H groups in total. The number of nitrogens with zero attached hydrogens (tertiary/aromatic N) is 3. The van der Waals surface area contributed by atoms with Gasteiger partial charge in [0.2, 0.25) is 15.9 Å². The molecule has 8 nitrogen and oxygen atoms in total. The lowest BCUT2D eigenvalue weighted by molar-refractivity contribution is -0.126. The number of rotatable bonds is 6. The first-order valence-electron chi connectivity index (χ1n) is 9.76. The standard InChI is InChI=1S/C20H25N5O3S/c1-3-10-21-16(26)14-5-4-11-25(12-14)20(28)19-24-23-18(29-19)17(27)22-15-8-6-13(2)7-9-15/h6-9,14H,3-5,10-12H2,1-2H3,(H,21,26)(H,22,27). The van der Waals surface area contributed by atoms with Crippen LogP contribution in [0.1, 0.15) is 51.4 Å². The first kappa shape index (κ1) is 20.9. The summed E-state index contributed by atoms with van der Waals surface area (Å²) in [5.74, 6) is -0.915. The van der Waals surface area contributed by atoms with Gasteiger partial charge in [-0.05, 0) is 38.3 Å². The van der Waals surface area contributed by atoms with Gasteiger partial charge in [0.05, 0.1) is 5.92 Å². The molecule has 1 saturated heterocycles. The third-order valence-electron chi connectivity index (χ3n) is 4.74. The van der Waals surface area contributed by atoms with Gasteiger partial charge in [-0.15, -0.1) is 10.2 Å². The van der Waals surface area contributed by atoms with Gasteiger partial charge in [0.25, 0.3) is 11.8 Å². The highest BCUT2D eigenvalue weighted by molar-refractivity contribution is 7.15. The van der Waals surface area contributed by atoms with Crippen molar-refractivity contribution in [2.24, 2.45) is 5.92 Å². The molecule has 1 unspecified atom stereocenters. The summed E-state index contributed by atoms with van der Waals surface area (Å²) in [5, 5.41) is 13.7. The second-order valence-corrected chi connectivity index (χ2v) is 8.09. The van der Waals surface area contributed by atoms with E-state index in [1.54, 1.807) is 17.0 Å². The van der Waals surface area contributed by atoms with Crippen LogP contribution < -0.4 is 10.6 Å². The molecule has 9 heteroatoms. The molecule has 2 aromatic rings. The number of aryl methyl sites for hydroxylation is 1. The molecule has 2 heterocycles. The molecular formula is C20H25N5O3S. The largest absolute Gasteiger partial charge is 0.356 e. The van der Waals surface area contributed by atoms with Crippen molar-refractivity contribution in [1.82, 2.24) is 20.4 Å². The van der Waals surface area contributed by atoms with Crippen LogP contribution in [0.2, 0.25) is 0 Å². The van der Waals surface area contributed by atoms with Crippen molar-refractivity contribution in [2.75, 3.05) is 25.0 Å². The molecular weight excluding hydrogens is 390 g/mol. The maximum atomic E-state index is 12.8. The van der Waals surface area contributed by atoms with Crippen LogP contribution in [0.25, 0.3) is 0 Å². The Labute approximate surface area is 173 Å². The van der Waals surface area contributed by atoms with Crippen molar-refractivity contribution in [3.63, 3.8) is 0 Å². The van der Waals surface area contributed by atoms with Gasteiger partial charge in [0.1, 0.15) is 0 Å². The zero-order valence-electron chi connectivity index (χ0n) is 16.6. The Bertz CT molecular complexity index is 880. The summed E-state index contributed by atoms with van der Waals surface area (Å²) >= 11 is 0.963. The van der Waals surface area contributed by atoms with Crippen LogP contribution in [0.3, 0.4) is 0 Å². The van der Waals surface area contributed by atoms with Crippen LogP contribution in [-0.4, -0.2) is 52.5 Å². The second kappa shape index (κ2) is 9.60. The van der Waals surface area contributed by atoms with E-state index in [2.05, 4.69) is 20.8 Å². The van der Waals surface area contributed by atoms with E-state index in [-0.39, 0.29) is 27.7 Å². The Kier molecular flexibility index (Phi) is 6.92. The number of benzene rings is 1. The Morgan fingerprint density at radius 2 is 1.90 bits per heavy atom. The average Bonchev–Trinajstić information content (AvgIpc) is 3.23. The zero-order valence-corrected chi connectivity index (χ0v) is 17.4. The minimum atomic E-state index is -0.402. The molecule has 0 saturated carbocycles. The Morgan fingerprint density at radius 3 is 2.62 bits per heavy atom. The topological polar surface area (TPSA) is 104 Å². The van der Waals surface area contributed by atoms with Gasteiger partial charge in [0.15, 0.2) is 0 Å². The number of carbonyl (C=O) groups is 3. The van der Waals surface area contributed by atoms with Gasteiger partial charge in [-0.3, -0.25) is 14.4 Å². The lowest BCUT2D eigenvalue weighted by Gasteiger charge is -2.31. The van der Waals surface area contributed by atoms with E-state index in [0.717, 1.165) is 36.2 Å². The van der Waals surface area contributed by atoms with Crippen LogP contribution in [-0.2, 0) is 4.79 Å². The number of hydrogen-bond donors (Lipinski definition) is 2. The molecule has 0 spiro atoms.